The normalized spacial score (nSPS) is 17.6. The molecule has 2 fully saturated rings. The van der Waals surface area contributed by atoms with E-state index in [2.05, 4.69) is 20.4 Å². The Kier molecular flexibility index (Phi) is 6.53. The van der Waals surface area contributed by atoms with Crippen molar-refractivity contribution in [2.75, 3.05) is 19.6 Å². The zero-order chi connectivity index (χ0) is 20.7. The van der Waals surface area contributed by atoms with Crippen molar-refractivity contribution in [2.24, 2.45) is 5.92 Å². The summed E-state index contributed by atoms with van der Waals surface area (Å²) >= 11 is 0. The topological polar surface area (TPSA) is 130 Å². The van der Waals surface area contributed by atoms with Crippen LogP contribution < -0.4 is 5.32 Å². The van der Waals surface area contributed by atoms with Gasteiger partial charge in [0, 0.05) is 44.4 Å². The number of nitrogens with one attached hydrogen (secondary N) is 1. The summed E-state index contributed by atoms with van der Waals surface area (Å²) in [4.78, 5) is 43.7. The third-order valence-corrected chi connectivity index (χ3v) is 5.25. The van der Waals surface area contributed by atoms with E-state index in [1.807, 2.05) is 12.3 Å². The van der Waals surface area contributed by atoms with Gasteiger partial charge in [-0.1, -0.05) is 0 Å². The maximum atomic E-state index is 13.0. The lowest BCUT2D eigenvalue weighted by molar-refractivity contribution is -0.133. The molecule has 10 nitrogen and oxygen atoms in total. The minimum absolute atomic E-state index is 0.00356. The second-order valence-corrected chi connectivity index (χ2v) is 7.11. The maximum absolute atomic E-state index is 13.0. The summed E-state index contributed by atoms with van der Waals surface area (Å²) in [5.74, 6) is 0.608. The Hall–Kier alpha value is -3.30. The molecular formula is C19H24N6O4. The number of aromatic nitrogens is 4. The molecule has 2 aromatic heterocycles. The van der Waals surface area contributed by atoms with Gasteiger partial charge in [0.2, 0.25) is 11.7 Å². The fourth-order valence-electron chi connectivity index (χ4n) is 3.44. The molecule has 2 aromatic rings. The van der Waals surface area contributed by atoms with E-state index in [4.69, 9.17) is 9.90 Å². The number of likely N-dealkylation sites (tertiary alicyclic amines) is 1. The van der Waals surface area contributed by atoms with Crippen molar-refractivity contribution in [3.8, 4) is 0 Å². The van der Waals surface area contributed by atoms with Gasteiger partial charge in [0.05, 0.1) is 0 Å². The van der Waals surface area contributed by atoms with Gasteiger partial charge in [0.15, 0.2) is 0 Å². The zero-order valence-electron chi connectivity index (χ0n) is 16.0. The van der Waals surface area contributed by atoms with E-state index in [1.165, 1.54) is 12.8 Å². The molecule has 3 heterocycles. The Morgan fingerprint density at radius 1 is 1.17 bits per heavy atom. The van der Waals surface area contributed by atoms with Gasteiger partial charge in [0.1, 0.15) is 5.54 Å². The Bertz CT molecular complexity index is 814. The van der Waals surface area contributed by atoms with Crippen LogP contribution in [0.5, 0.6) is 0 Å². The standard InChI is InChI=1S/C18H22N6O2.CH2O2/c25-16(15-19-7-1-8-20-15)23-11-5-18(6-12-23,24-10-2-9-22-24)17(26)21-13-14-3-4-14;2-1-3/h1-2,7-10,14H,3-6,11-13H2,(H,21,26);1H,(H,2,3). The molecule has 0 aromatic carbocycles. The lowest BCUT2D eigenvalue weighted by Crippen LogP contribution is -2.56. The average molecular weight is 400 g/mol. The minimum Gasteiger partial charge on any atom is -0.483 e. The number of rotatable bonds is 5. The molecule has 2 amide bonds. The van der Waals surface area contributed by atoms with Crippen LogP contribution in [0.1, 0.15) is 36.3 Å². The van der Waals surface area contributed by atoms with Crippen LogP contribution in [0.2, 0.25) is 0 Å². The molecule has 10 heteroatoms. The van der Waals surface area contributed by atoms with Crippen molar-refractivity contribution in [1.29, 1.82) is 0 Å². The highest BCUT2D eigenvalue weighted by molar-refractivity contribution is 5.91. The number of amides is 2. The van der Waals surface area contributed by atoms with Crippen LogP contribution in [-0.4, -0.2) is 67.7 Å². The van der Waals surface area contributed by atoms with Crippen LogP contribution in [-0.2, 0) is 15.1 Å². The van der Waals surface area contributed by atoms with Gasteiger partial charge in [0.25, 0.3) is 12.4 Å². The lowest BCUT2D eigenvalue weighted by Gasteiger charge is -2.40. The monoisotopic (exact) mass is 400 g/mol. The van der Waals surface area contributed by atoms with Gasteiger partial charge >= 0.3 is 0 Å². The number of piperidine rings is 1. The number of hydrogen-bond acceptors (Lipinski definition) is 6. The number of carboxylic acid groups (broad SMARTS) is 1. The van der Waals surface area contributed by atoms with Gasteiger partial charge in [-0.05, 0) is 43.7 Å². The Labute approximate surface area is 167 Å². The van der Waals surface area contributed by atoms with Crippen molar-refractivity contribution in [3.05, 3.63) is 42.7 Å². The molecule has 1 aliphatic carbocycles. The Morgan fingerprint density at radius 3 is 2.38 bits per heavy atom. The molecule has 4 rings (SSSR count). The smallest absolute Gasteiger partial charge is 0.291 e. The number of nitrogens with zero attached hydrogens (tertiary/aromatic N) is 5. The van der Waals surface area contributed by atoms with E-state index < -0.39 is 5.54 Å². The van der Waals surface area contributed by atoms with E-state index >= 15 is 0 Å². The molecule has 1 saturated carbocycles. The first-order chi connectivity index (χ1) is 14.1. The minimum atomic E-state index is -0.743. The number of carbonyl (C=O) groups is 3. The fourth-order valence-corrected chi connectivity index (χ4v) is 3.44. The van der Waals surface area contributed by atoms with E-state index in [0.29, 0.717) is 31.8 Å². The summed E-state index contributed by atoms with van der Waals surface area (Å²) in [5.41, 5.74) is -0.743. The first-order valence-corrected chi connectivity index (χ1v) is 9.53. The highest BCUT2D eigenvalue weighted by Gasteiger charge is 2.45. The van der Waals surface area contributed by atoms with Crippen LogP contribution in [0.3, 0.4) is 0 Å². The SMILES string of the molecule is O=C(c1ncccn1)N1CCC(C(=O)NCC2CC2)(n2cccn2)CC1.O=CO. The predicted octanol–water partition coefficient (Wildman–Crippen LogP) is 0.532. The van der Waals surface area contributed by atoms with Crippen LogP contribution in [0.15, 0.2) is 36.9 Å². The van der Waals surface area contributed by atoms with E-state index in [1.54, 1.807) is 34.2 Å². The van der Waals surface area contributed by atoms with Crippen molar-refractivity contribution in [1.82, 2.24) is 30.0 Å². The molecular weight excluding hydrogens is 376 g/mol. The summed E-state index contributed by atoms with van der Waals surface area (Å²) in [6.07, 6.45) is 10.0. The van der Waals surface area contributed by atoms with Crippen LogP contribution in [0.4, 0.5) is 0 Å². The van der Waals surface area contributed by atoms with Crippen LogP contribution in [0, 0.1) is 5.92 Å². The molecule has 0 radical (unpaired) electrons. The number of hydrogen-bond donors (Lipinski definition) is 2. The van der Waals surface area contributed by atoms with Crippen molar-refractivity contribution in [2.45, 2.75) is 31.2 Å². The largest absolute Gasteiger partial charge is 0.483 e. The van der Waals surface area contributed by atoms with Gasteiger partial charge < -0.3 is 15.3 Å². The van der Waals surface area contributed by atoms with E-state index in [9.17, 15) is 9.59 Å². The van der Waals surface area contributed by atoms with Crippen LogP contribution >= 0.6 is 0 Å². The Morgan fingerprint density at radius 2 is 1.83 bits per heavy atom. The zero-order valence-corrected chi connectivity index (χ0v) is 16.0. The lowest BCUT2D eigenvalue weighted by atomic mass is 9.86. The molecule has 2 aliphatic rings. The van der Waals surface area contributed by atoms with Crippen molar-refractivity contribution >= 4 is 18.3 Å². The quantitative estimate of drug-likeness (QED) is 0.700. The summed E-state index contributed by atoms with van der Waals surface area (Å²) < 4.78 is 1.75. The highest BCUT2D eigenvalue weighted by atomic mass is 16.3. The van der Waals surface area contributed by atoms with Gasteiger partial charge in [-0.2, -0.15) is 5.10 Å². The highest BCUT2D eigenvalue weighted by Crippen LogP contribution is 2.32. The predicted molar refractivity (Wildman–Crippen MR) is 102 cm³/mol. The third-order valence-electron chi connectivity index (χ3n) is 5.25. The molecule has 0 spiro atoms. The molecule has 0 atom stereocenters. The summed E-state index contributed by atoms with van der Waals surface area (Å²) in [6.45, 7) is 1.41. The summed E-state index contributed by atoms with van der Waals surface area (Å²) in [7, 11) is 0. The maximum Gasteiger partial charge on any atom is 0.291 e. The second kappa shape index (κ2) is 9.26. The number of carbonyl (C=O) groups excluding carboxylic acids is 2. The average Bonchev–Trinajstić information content (AvgIpc) is 3.43. The second-order valence-electron chi connectivity index (χ2n) is 7.11. The molecule has 1 aliphatic heterocycles. The van der Waals surface area contributed by atoms with Crippen LogP contribution in [0.25, 0.3) is 0 Å². The van der Waals surface area contributed by atoms with E-state index in [-0.39, 0.29) is 24.1 Å². The van der Waals surface area contributed by atoms with Gasteiger partial charge in [-0.15, -0.1) is 0 Å². The Balaban J connectivity index is 0.000000755. The van der Waals surface area contributed by atoms with Crippen molar-refractivity contribution < 1.29 is 19.5 Å². The van der Waals surface area contributed by atoms with Gasteiger partial charge in [-0.3, -0.25) is 19.1 Å². The molecule has 0 unspecified atom stereocenters. The summed E-state index contributed by atoms with van der Waals surface area (Å²) in [5, 5.41) is 14.3. The molecule has 2 N–H and O–H groups in total. The molecule has 154 valence electrons. The first-order valence-electron chi connectivity index (χ1n) is 9.53. The first kappa shape index (κ1) is 20.4. The van der Waals surface area contributed by atoms with E-state index in [0.717, 1.165) is 6.54 Å². The van der Waals surface area contributed by atoms with Crippen molar-refractivity contribution in [3.63, 3.8) is 0 Å². The van der Waals surface area contributed by atoms with Gasteiger partial charge in [-0.25, -0.2) is 9.97 Å². The fraction of sp³-hybridized carbons (Fsp3) is 0.474. The molecule has 0 bridgehead atoms. The summed E-state index contributed by atoms with van der Waals surface area (Å²) in [6, 6.07) is 3.51. The molecule has 29 heavy (non-hydrogen) atoms. The molecule has 1 saturated heterocycles. The third kappa shape index (κ3) is 4.76.